The van der Waals surface area contributed by atoms with Crippen molar-refractivity contribution in [3.05, 3.63) is 59.9 Å². The molecule has 1 saturated heterocycles. The second kappa shape index (κ2) is 8.66. The Labute approximate surface area is 171 Å². The molecule has 0 amide bonds. The lowest BCUT2D eigenvalue weighted by Gasteiger charge is -2.38. The first-order chi connectivity index (χ1) is 14.2. The van der Waals surface area contributed by atoms with Crippen LogP contribution in [0.25, 0.3) is 11.0 Å². The number of likely N-dealkylation sites (tertiary alicyclic amines) is 1. The van der Waals surface area contributed by atoms with Gasteiger partial charge in [0.2, 0.25) is 0 Å². The highest BCUT2D eigenvalue weighted by molar-refractivity contribution is 6.04. The van der Waals surface area contributed by atoms with E-state index >= 15 is 0 Å². The van der Waals surface area contributed by atoms with Gasteiger partial charge in [0.1, 0.15) is 11.2 Å². The van der Waals surface area contributed by atoms with Crippen LogP contribution in [0.5, 0.6) is 0 Å². The van der Waals surface area contributed by atoms with Crippen LogP contribution < -0.4 is 5.32 Å². The lowest BCUT2D eigenvalue weighted by atomic mass is 9.92. The number of anilines is 1. The number of nitrogens with zero attached hydrogens (tertiary/aromatic N) is 2. The summed E-state index contributed by atoms with van der Waals surface area (Å²) < 4.78 is 5.27. The van der Waals surface area contributed by atoms with E-state index in [-0.39, 0.29) is 12.0 Å². The first-order valence-corrected chi connectivity index (χ1v) is 10.3. The van der Waals surface area contributed by atoms with Gasteiger partial charge in [0, 0.05) is 36.9 Å². The zero-order valence-corrected chi connectivity index (χ0v) is 17.0. The van der Waals surface area contributed by atoms with Gasteiger partial charge in [-0.05, 0) is 37.4 Å². The maximum absolute atomic E-state index is 12.5. The molecule has 3 aromatic rings. The molecule has 152 valence electrons. The smallest absolute Gasteiger partial charge is 0.341 e. The number of pyridine rings is 1. The minimum atomic E-state index is -0.338. The van der Waals surface area contributed by atoms with Gasteiger partial charge in [0.15, 0.2) is 0 Å². The van der Waals surface area contributed by atoms with Crippen LogP contribution in [0.4, 0.5) is 5.69 Å². The van der Waals surface area contributed by atoms with Crippen molar-refractivity contribution < 1.29 is 9.53 Å². The van der Waals surface area contributed by atoms with Crippen LogP contribution in [0.2, 0.25) is 0 Å². The second-order valence-corrected chi connectivity index (χ2v) is 7.74. The van der Waals surface area contributed by atoms with Crippen LogP contribution in [0, 0.1) is 5.92 Å². The third kappa shape index (κ3) is 4.27. The van der Waals surface area contributed by atoms with Crippen molar-refractivity contribution in [1.82, 2.24) is 14.9 Å². The Morgan fingerprint density at radius 3 is 2.93 bits per heavy atom. The van der Waals surface area contributed by atoms with E-state index in [1.165, 1.54) is 5.56 Å². The Kier molecular flexibility index (Phi) is 5.81. The fourth-order valence-electron chi connectivity index (χ4n) is 4.02. The molecule has 0 saturated carbocycles. The molecular formula is C23H28N4O2. The molecule has 6 nitrogen and oxygen atoms in total. The van der Waals surface area contributed by atoms with E-state index < -0.39 is 0 Å². The average Bonchev–Trinajstić information content (AvgIpc) is 3.21. The van der Waals surface area contributed by atoms with Crippen molar-refractivity contribution in [1.29, 1.82) is 0 Å². The Hall–Kier alpha value is -2.86. The van der Waals surface area contributed by atoms with Crippen molar-refractivity contribution in [3.63, 3.8) is 0 Å². The molecule has 0 spiro atoms. The number of rotatable bonds is 6. The van der Waals surface area contributed by atoms with Gasteiger partial charge in [-0.2, -0.15) is 0 Å². The number of hydrogen-bond acceptors (Lipinski definition) is 5. The highest BCUT2D eigenvalue weighted by atomic mass is 16.5. The molecule has 1 aromatic carbocycles. The lowest BCUT2D eigenvalue weighted by Crippen LogP contribution is -2.46. The first-order valence-electron chi connectivity index (χ1n) is 10.3. The van der Waals surface area contributed by atoms with E-state index in [1.54, 1.807) is 6.20 Å². The summed E-state index contributed by atoms with van der Waals surface area (Å²) in [6.07, 6.45) is 4.57. The molecule has 0 aliphatic carbocycles. The molecule has 1 fully saturated rings. The van der Waals surface area contributed by atoms with Crippen molar-refractivity contribution >= 4 is 22.7 Å². The van der Waals surface area contributed by atoms with Gasteiger partial charge in [0.05, 0.1) is 12.3 Å². The summed E-state index contributed by atoms with van der Waals surface area (Å²) in [7, 11) is 0. The molecule has 2 aromatic heterocycles. The van der Waals surface area contributed by atoms with Gasteiger partial charge in [0.25, 0.3) is 0 Å². The summed E-state index contributed by atoms with van der Waals surface area (Å²) in [5.41, 5.74) is 3.40. The molecule has 2 atom stereocenters. The molecule has 0 radical (unpaired) electrons. The predicted molar refractivity (Wildman–Crippen MR) is 115 cm³/mol. The van der Waals surface area contributed by atoms with E-state index in [4.69, 9.17) is 4.74 Å². The van der Waals surface area contributed by atoms with Gasteiger partial charge in [-0.15, -0.1) is 0 Å². The normalized spacial score (nSPS) is 19.9. The summed E-state index contributed by atoms with van der Waals surface area (Å²) in [6, 6.07) is 12.8. The lowest BCUT2D eigenvalue weighted by molar-refractivity contribution is 0.0527. The summed E-state index contributed by atoms with van der Waals surface area (Å²) in [4.78, 5) is 22.5. The average molecular weight is 393 g/mol. The summed E-state index contributed by atoms with van der Waals surface area (Å²) in [6.45, 7) is 7.37. The van der Waals surface area contributed by atoms with Crippen LogP contribution in [-0.2, 0) is 11.3 Å². The van der Waals surface area contributed by atoms with Crippen LogP contribution in [0.1, 0.15) is 36.2 Å². The number of ether oxygens (including phenoxy) is 1. The Morgan fingerprint density at radius 2 is 2.14 bits per heavy atom. The predicted octanol–water partition coefficient (Wildman–Crippen LogP) is 4.06. The molecule has 1 aliphatic rings. The second-order valence-electron chi connectivity index (χ2n) is 7.74. The minimum Gasteiger partial charge on any atom is -0.462 e. The summed E-state index contributed by atoms with van der Waals surface area (Å²) in [5.74, 6) is 0.162. The fraction of sp³-hybridized carbons (Fsp3) is 0.391. The van der Waals surface area contributed by atoms with Gasteiger partial charge < -0.3 is 15.0 Å². The number of fused-ring (bicyclic) bond motifs is 1. The van der Waals surface area contributed by atoms with E-state index in [2.05, 4.69) is 57.4 Å². The molecule has 29 heavy (non-hydrogen) atoms. The number of benzene rings is 1. The molecule has 0 unspecified atom stereocenters. The maximum Gasteiger partial charge on any atom is 0.341 e. The van der Waals surface area contributed by atoms with Crippen molar-refractivity contribution in [2.24, 2.45) is 5.92 Å². The summed E-state index contributed by atoms with van der Waals surface area (Å²) >= 11 is 0. The number of H-pyrrole nitrogens is 1. The van der Waals surface area contributed by atoms with Crippen molar-refractivity contribution in [3.8, 4) is 0 Å². The standard InChI is InChI=1S/C23H28N4O2/c1-3-29-23(28)19-13-25-22-18(9-11-24-22)21(19)26-20-15-27(12-10-16(20)2)14-17-7-5-4-6-8-17/h4-9,11,13,16,20H,3,10,12,14-15H2,1-2H3,(H2,24,25,26)/t16-,20+/m1/s1. The van der Waals surface area contributed by atoms with E-state index in [0.29, 0.717) is 18.1 Å². The number of aromatic amines is 1. The third-order valence-electron chi connectivity index (χ3n) is 5.70. The van der Waals surface area contributed by atoms with Crippen LogP contribution in [0.3, 0.4) is 0 Å². The number of esters is 1. The number of carbonyl (C=O) groups excluding carboxylic acids is 1. The number of aromatic nitrogens is 2. The van der Waals surface area contributed by atoms with Crippen molar-refractivity contribution in [2.75, 3.05) is 25.0 Å². The molecule has 4 rings (SSSR count). The molecule has 6 heteroatoms. The van der Waals surface area contributed by atoms with Gasteiger partial charge in [-0.25, -0.2) is 9.78 Å². The SMILES string of the molecule is CCOC(=O)c1cnc2[nH]ccc2c1N[C@H]1CN(Cc2ccccc2)CC[C@H]1C. The monoisotopic (exact) mass is 392 g/mol. The van der Waals surface area contributed by atoms with E-state index in [1.807, 2.05) is 19.2 Å². The van der Waals surface area contributed by atoms with Crippen LogP contribution in [-0.4, -0.2) is 46.6 Å². The number of piperidine rings is 1. The number of hydrogen-bond donors (Lipinski definition) is 2. The van der Waals surface area contributed by atoms with Gasteiger partial charge in [-0.1, -0.05) is 37.3 Å². The number of nitrogens with one attached hydrogen (secondary N) is 2. The molecular weight excluding hydrogens is 364 g/mol. The largest absolute Gasteiger partial charge is 0.462 e. The van der Waals surface area contributed by atoms with Gasteiger partial charge in [-0.3, -0.25) is 4.90 Å². The van der Waals surface area contributed by atoms with Crippen molar-refractivity contribution in [2.45, 2.75) is 32.9 Å². The zero-order valence-electron chi connectivity index (χ0n) is 17.0. The fourth-order valence-corrected chi connectivity index (χ4v) is 4.02. The topological polar surface area (TPSA) is 70.2 Å². The zero-order chi connectivity index (χ0) is 20.2. The highest BCUT2D eigenvalue weighted by Gasteiger charge is 2.28. The van der Waals surface area contributed by atoms with Crippen LogP contribution in [0.15, 0.2) is 48.8 Å². The number of carbonyl (C=O) groups is 1. The molecule has 3 heterocycles. The van der Waals surface area contributed by atoms with Gasteiger partial charge >= 0.3 is 5.97 Å². The van der Waals surface area contributed by atoms with E-state index in [9.17, 15) is 4.79 Å². The maximum atomic E-state index is 12.5. The Morgan fingerprint density at radius 1 is 1.31 bits per heavy atom. The quantitative estimate of drug-likeness (QED) is 0.619. The Bertz CT molecular complexity index is 969. The summed E-state index contributed by atoms with van der Waals surface area (Å²) in [5, 5.41) is 4.60. The van der Waals surface area contributed by atoms with Crippen LogP contribution >= 0.6 is 0 Å². The van der Waals surface area contributed by atoms with E-state index in [0.717, 1.165) is 42.8 Å². The molecule has 1 aliphatic heterocycles. The minimum absolute atomic E-state index is 0.237. The third-order valence-corrected chi connectivity index (χ3v) is 5.70. The first kappa shape index (κ1) is 19.5. The molecule has 0 bridgehead atoms. The Balaban J connectivity index is 1.58. The molecule has 2 N–H and O–H groups in total. The highest BCUT2D eigenvalue weighted by Crippen LogP contribution is 2.30.